The topological polar surface area (TPSA) is 43.4 Å². The van der Waals surface area contributed by atoms with E-state index in [1.165, 1.54) is 184 Å². The monoisotopic (exact) mass is 799 g/mol. The van der Waals surface area contributed by atoms with E-state index in [0.717, 1.165) is 51.1 Å². The Labute approximate surface area is 359 Å². The summed E-state index contributed by atoms with van der Waals surface area (Å²) in [5, 5.41) is 4.87. The van der Waals surface area contributed by atoms with Crippen LogP contribution in [0.25, 0.3) is 10.9 Å². The molecule has 0 bridgehead atoms. The Hall–Kier alpha value is -2.69. The smallest absolute Gasteiger partial charge is 0.0808 e. The van der Waals surface area contributed by atoms with Gasteiger partial charge in [0.15, 0.2) is 0 Å². The summed E-state index contributed by atoms with van der Waals surface area (Å²) in [6.07, 6.45) is 57.6. The Kier molecular flexibility index (Phi) is 35.3. The molecule has 0 saturated carbocycles. The van der Waals surface area contributed by atoms with Gasteiger partial charge in [0.25, 0.3) is 0 Å². The quantitative estimate of drug-likeness (QED) is 0.0537. The van der Waals surface area contributed by atoms with Gasteiger partial charge in [0.1, 0.15) is 0 Å². The van der Waals surface area contributed by atoms with E-state index < -0.39 is 0 Å². The zero-order valence-electron chi connectivity index (χ0n) is 38.2. The summed E-state index contributed by atoms with van der Waals surface area (Å²) in [7, 11) is 0. The van der Waals surface area contributed by atoms with Crippen LogP contribution in [0.3, 0.4) is 0 Å². The van der Waals surface area contributed by atoms with Crippen LogP contribution in [-0.2, 0) is 9.47 Å². The van der Waals surface area contributed by atoms with Crippen LogP contribution in [0.4, 0.5) is 5.69 Å². The lowest BCUT2D eigenvalue weighted by atomic mass is 10.1. The average molecular weight is 799 g/mol. The van der Waals surface area contributed by atoms with Crippen molar-refractivity contribution in [2.45, 2.75) is 213 Å². The van der Waals surface area contributed by atoms with Crippen molar-refractivity contribution < 1.29 is 9.47 Å². The second-order valence-electron chi connectivity index (χ2n) is 16.7. The van der Waals surface area contributed by atoms with Gasteiger partial charge in [-0.3, -0.25) is 4.98 Å². The molecule has 0 spiro atoms. The molecule has 1 aromatic carbocycles. The van der Waals surface area contributed by atoms with Crippen molar-refractivity contribution in [2.75, 3.05) is 31.7 Å². The molecule has 1 atom stereocenters. The van der Waals surface area contributed by atoms with Crippen LogP contribution in [0.2, 0.25) is 0 Å². The first kappa shape index (κ1) is 51.5. The van der Waals surface area contributed by atoms with Crippen LogP contribution in [0.5, 0.6) is 0 Å². The first-order chi connectivity index (χ1) is 28.7. The minimum absolute atomic E-state index is 0.229. The predicted molar refractivity (Wildman–Crippen MR) is 257 cm³/mol. The summed E-state index contributed by atoms with van der Waals surface area (Å²) >= 11 is 0. The lowest BCUT2D eigenvalue weighted by Gasteiger charge is -2.18. The van der Waals surface area contributed by atoms with Crippen molar-refractivity contribution in [3.8, 4) is 0 Å². The first-order valence-electron chi connectivity index (χ1n) is 24.6. The molecule has 1 N–H and O–H groups in total. The number of nitrogens with zero attached hydrogens (tertiary/aromatic N) is 1. The van der Waals surface area contributed by atoms with E-state index in [1.807, 2.05) is 6.20 Å². The molecular formula is C54H90N2O2. The van der Waals surface area contributed by atoms with Gasteiger partial charge in [-0.2, -0.15) is 0 Å². The van der Waals surface area contributed by atoms with Crippen molar-refractivity contribution in [1.29, 1.82) is 0 Å². The van der Waals surface area contributed by atoms with Crippen molar-refractivity contribution in [1.82, 2.24) is 4.98 Å². The number of aromatic nitrogens is 1. The number of unbranched alkanes of at least 4 members (excludes halogenated alkanes) is 21. The third-order valence-electron chi connectivity index (χ3n) is 11.2. The Bertz CT molecular complexity index is 1310. The Morgan fingerprint density at radius 3 is 1.67 bits per heavy atom. The highest BCUT2D eigenvalue weighted by Gasteiger charge is 2.10. The van der Waals surface area contributed by atoms with E-state index in [1.54, 1.807) is 0 Å². The number of allylic oxidation sites excluding steroid dienone is 8. The van der Waals surface area contributed by atoms with E-state index in [2.05, 4.69) is 104 Å². The largest absolute Gasteiger partial charge is 0.384 e. The third-order valence-corrected chi connectivity index (χ3v) is 11.2. The van der Waals surface area contributed by atoms with Gasteiger partial charge in [0.05, 0.1) is 18.2 Å². The van der Waals surface area contributed by atoms with E-state index in [0.29, 0.717) is 0 Å². The van der Waals surface area contributed by atoms with Crippen LogP contribution < -0.4 is 5.32 Å². The Morgan fingerprint density at radius 2 is 1.07 bits per heavy atom. The van der Waals surface area contributed by atoms with E-state index in [4.69, 9.17) is 9.47 Å². The number of anilines is 1. The van der Waals surface area contributed by atoms with Crippen molar-refractivity contribution >= 4 is 16.6 Å². The van der Waals surface area contributed by atoms with Crippen molar-refractivity contribution in [2.24, 2.45) is 0 Å². The molecule has 4 heteroatoms. The molecule has 0 aliphatic heterocycles. The highest BCUT2D eigenvalue weighted by atomic mass is 16.5. The maximum Gasteiger partial charge on any atom is 0.0808 e. The Balaban J connectivity index is 1.55. The fourth-order valence-corrected chi connectivity index (χ4v) is 7.45. The maximum atomic E-state index is 6.46. The second-order valence-corrected chi connectivity index (χ2v) is 16.7. The molecule has 1 unspecified atom stereocenters. The van der Waals surface area contributed by atoms with Gasteiger partial charge in [-0.25, -0.2) is 0 Å². The normalized spacial score (nSPS) is 12.7. The van der Waals surface area contributed by atoms with E-state index in [-0.39, 0.29) is 6.10 Å². The number of fused-ring (bicyclic) bond motifs is 1. The second kappa shape index (κ2) is 39.8. The highest BCUT2D eigenvalue weighted by molar-refractivity contribution is 5.91. The van der Waals surface area contributed by atoms with E-state index in [9.17, 15) is 0 Å². The maximum absolute atomic E-state index is 6.46. The van der Waals surface area contributed by atoms with Gasteiger partial charge < -0.3 is 14.8 Å². The number of aryl methyl sites for hydroxylation is 1. The number of hydrogen-bond acceptors (Lipinski definition) is 4. The molecule has 2 aromatic rings. The average Bonchev–Trinajstić information content (AvgIpc) is 3.23. The molecule has 58 heavy (non-hydrogen) atoms. The molecule has 1 heterocycles. The van der Waals surface area contributed by atoms with Crippen molar-refractivity contribution in [3.05, 3.63) is 84.6 Å². The van der Waals surface area contributed by atoms with Crippen LogP contribution in [0, 0.1) is 6.92 Å². The molecule has 328 valence electrons. The fraction of sp³-hybridized carbons (Fsp3) is 0.685. The fourth-order valence-electron chi connectivity index (χ4n) is 7.45. The van der Waals surface area contributed by atoms with Crippen LogP contribution in [0.1, 0.15) is 206 Å². The molecule has 0 aliphatic rings. The molecule has 4 nitrogen and oxygen atoms in total. The van der Waals surface area contributed by atoms with Crippen molar-refractivity contribution in [3.63, 3.8) is 0 Å². The lowest BCUT2D eigenvalue weighted by Crippen LogP contribution is -2.21. The number of benzene rings is 1. The minimum Gasteiger partial charge on any atom is -0.384 e. The SMILES string of the molecule is CCCCC/C=C\C/C=C\CCCCCCCCOCC(CCCCCCNc1ccnc2cc(C)ccc12)OCCCCCCCC/C=C\C/C=C\CCCCC. The highest BCUT2D eigenvalue weighted by Crippen LogP contribution is 2.23. The third kappa shape index (κ3) is 30.4. The number of hydrogen-bond donors (Lipinski definition) is 1. The minimum atomic E-state index is 0.229. The zero-order chi connectivity index (χ0) is 41.2. The van der Waals surface area contributed by atoms with Gasteiger partial charge in [-0.15, -0.1) is 0 Å². The molecular weight excluding hydrogens is 709 g/mol. The lowest BCUT2D eigenvalue weighted by molar-refractivity contribution is -0.0234. The summed E-state index contributed by atoms with van der Waals surface area (Å²) in [6.45, 7) is 10.2. The van der Waals surface area contributed by atoms with Gasteiger partial charge in [0.2, 0.25) is 0 Å². The van der Waals surface area contributed by atoms with Crippen LogP contribution in [0.15, 0.2) is 79.1 Å². The predicted octanol–water partition coefficient (Wildman–Crippen LogP) is 16.9. The number of ether oxygens (including phenoxy) is 2. The van der Waals surface area contributed by atoms with E-state index >= 15 is 0 Å². The number of pyridine rings is 1. The molecule has 0 amide bonds. The molecule has 0 saturated heterocycles. The van der Waals surface area contributed by atoms with Gasteiger partial charge >= 0.3 is 0 Å². The summed E-state index contributed by atoms with van der Waals surface area (Å²) in [4.78, 5) is 4.55. The summed E-state index contributed by atoms with van der Waals surface area (Å²) < 4.78 is 12.7. The zero-order valence-corrected chi connectivity index (χ0v) is 38.2. The Morgan fingerprint density at radius 1 is 0.552 bits per heavy atom. The van der Waals surface area contributed by atoms with Gasteiger partial charge in [0, 0.05) is 37.0 Å². The number of rotatable bonds is 41. The molecule has 1 aromatic heterocycles. The molecule has 0 aliphatic carbocycles. The van der Waals surface area contributed by atoms with Crippen LogP contribution >= 0.6 is 0 Å². The van der Waals surface area contributed by atoms with Crippen LogP contribution in [-0.4, -0.2) is 37.5 Å². The molecule has 0 fully saturated rings. The van der Waals surface area contributed by atoms with Gasteiger partial charge in [-0.1, -0.05) is 171 Å². The first-order valence-corrected chi connectivity index (χ1v) is 24.6. The summed E-state index contributed by atoms with van der Waals surface area (Å²) in [5.41, 5.74) is 3.52. The number of nitrogens with one attached hydrogen (secondary N) is 1. The summed E-state index contributed by atoms with van der Waals surface area (Å²) in [6, 6.07) is 8.63. The standard InChI is InChI=1S/C54H90N2O2/c1-4-6-8-10-12-14-16-18-20-22-24-26-28-30-34-38-46-57-49-51(58-47-39-35-31-29-27-25-23-21-19-17-15-13-11-9-7-5-2)40-36-32-33-37-44-55-53-43-45-56-54-48-50(3)41-42-52(53)54/h12-15,18-21,41-43,45,48,51H,4-11,16-17,22-40,44,46-47,49H2,1-3H3,(H,55,56)/b14-12-,15-13-,20-18-,21-19-. The molecule has 2 rings (SSSR count). The summed E-state index contributed by atoms with van der Waals surface area (Å²) in [5.74, 6) is 0. The van der Waals surface area contributed by atoms with Gasteiger partial charge in [-0.05, 0) is 115 Å². The molecule has 0 radical (unpaired) electrons.